The van der Waals surface area contributed by atoms with Crippen LogP contribution in [0.2, 0.25) is 0 Å². The highest BCUT2D eigenvalue weighted by molar-refractivity contribution is 6.11. The maximum Gasteiger partial charge on any atom is 0.258 e. The first-order chi connectivity index (χ1) is 12.5. The van der Waals surface area contributed by atoms with Gasteiger partial charge < -0.3 is 15.4 Å². The molecule has 3 aromatic rings. The van der Waals surface area contributed by atoms with Crippen LogP contribution in [-0.4, -0.2) is 29.4 Å². The van der Waals surface area contributed by atoms with E-state index in [2.05, 4.69) is 0 Å². The lowest BCUT2D eigenvalue weighted by atomic mass is 9.99. The van der Waals surface area contributed by atoms with Gasteiger partial charge in [0.2, 0.25) is 0 Å². The molecule has 0 spiro atoms. The number of pyridine rings is 1. The van der Waals surface area contributed by atoms with Crippen molar-refractivity contribution in [2.75, 3.05) is 19.4 Å². The first kappa shape index (κ1) is 16.3. The molecule has 132 valence electrons. The van der Waals surface area contributed by atoms with E-state index in [1.807, 2.05) is 25.1 Å². The fraction of sp³-hybridized carbons (Fsp3) is 0.200. The molecule has 1 aliphatic heterocycles. The number of para-hydroxylation sites is 1. The van der Waals surface area contributed by atoms with Crippen molar-refractivity contribution in [3.05, 3.63) is 53.5 Å². The van der Waals surface area contributed by atoms with E-state index in [1.165, 1.54) is 13.2 Å². The molecule has 0 bridgehead atoms. The van der Waals surface area contributed by atoms with Crippen molar-refractivity contribution in [2.24, 2.45) is 0 Å². The number of halogens is 1. The van der Waals surface area contributed by atoms with Crippen LogP contribution in [0.25, 0.3) is 22.0 Å². The van der Waals surface area contributed by atoms with Crippen molar-refractivity contribution >= 4 is 22.5 Å². The second-order valence-electron chi connectivity index (χ2n) is 6.22. The molecule has 0 radical (unpaired) electrons. The maximum atomic E-state index is 14.2. The topological polar surface area (TPSA) is 68.5 Å². The number of rotatable bonds is 3. The quantitative estimate of drug-likeness (QED) is 0.783. The monoisotopic (exact) mass is 351 g/mol. The zero-order valence-corrected chi connectivity index (χ0v) is 14.5. The molecule has 2 N–H and O–H groups in total. The molecular formula is C20H18FN3O2. The van der Waals surface area contributed by atoms with Crippen molar-refractivity contribution in [2.45, 2.75) is 13.5 Å². The van der Waals surface area contributed by atoms with Crippen LogP contribution >= 0.6 is 0 Å². The third kappa shape index (κ3) is 2.29. The number of nitrogens with two attached hydrogens (primary N) is 1. The van der Waals surface area contributed by atoms with Gasteiger partial charge in [-0.3, -0.25) is 4.79 Å². The smallest absolute Gasteiger partial charge is 0.258 e. The average Bonchev–Trinajstić information content (AvgIpc) is 2.97. The molecule has 4 rings (SSSR count). The Balaban J connectivity index is 1.95. The van der Waals surface area contributed by atoms with Crippen molar-refractivity contribution < 1.29 is 13.9 Å². The second kappa shape index (κ2) is 5.98. The first-order valence-corrected chi connectivity index (χ1v) is 8.39. The molecule has 2 heterocycles. The molecule has 26 heavy (non-hydrogen) atoms. The Morgan fingerprint density at radius 3 is 2.81 bits per heavy atom. The normalized spacial score (nSPS) is 13.3. The molecule has 1 aromatic heterocycles. The van der Waals surface area contributed by atoms with Gasteiger partial charge in [0.1, 0.15) is 0 Å². The van der Waals surface area contributed by atoms with E-state index < -0.39 is 5.82 Å². The summed E-state index contributed by atoms with van der Waals surface area (Å²) in [6, 6.07) is 10.3. The summed E-state index contributed by atoms with van der Waals surface area (Å²) in [7, 11) is 1.43. The van der Waals surface area contributed by atoms with E-state index in [1.54, 1.807) is 17.0 Å². The van der Waals surface area contributed by atoms with Crippen molar-refractivity contribution in [3.8, 4) is 16.9 Å². The van der Waals surface area contributed by atoms with Crippen molar-refractivity contribution in [1.82, 2.24) is 9.88 Å². The van der Waals surface area contributed by atoms with Crippen LogP contribution in [0.4, 0.5) is 10.1 Å². The number of ether oxygens (including phenoxy) is 1. The van der Waals surface area contributed by atoms with Gasteiger partial charge in [-0.25, -0.2) is 9.37 Å². The highest BCUT2D eigenvalue weighted by Gasteiger charge is 2.31. The second-order valence-corrected chi connectivity index (χ2v) is 6.22. The lowest BCUT2D eigenvalue weighted by Crippen LogP contribution is -2.23. The lowest BCUT2D eigenvalue weighted by Gasteiger charge is -2.12. The summed E-state index contributed by atoms with van der Waals surface area (Å²) in [5.41, 5.74) is 10.0. The molecule has 5 nitrogen and oxygen atoms in total. The summed E-state index contributed by atoms with van der Waals surface area (Å²) < 4.78 is 19.1. The van der Waals surface area contributed by atoms with Gasteiger partial charge >= 0.3 is 0 Å². The molecule has 2 aromatic carbocycles. The predicted octanol–water partition coefficient (Wildman–Crippen LogP) is 3.61. The minimum Gasteiger partial charge on any atom is -0.494 e. The largest absolute Gasteiger partial charge is 0.494 e. The van der Waals surface area contributed by atoms with Gasteiger partial charge in [-0.05, 0) is 24.6 Å². The van der Waals surface area contributed by atoms with E-state index in [0.29, 0.717) is 46.5 Å². The number of methoxy groups -OCH3 is 1. The Hall–Kier alpha value is -3.15. The Kier molecular flexibility index (Phi) is 3.76. The van der Waals surface area contributed by atoms with Crippen molar-refractivity contribution in [1.29, 1.82) is 0 Å². The fourth-order valence-corrected chi connectivity index (χ4v) is 3.45. The maximum absolute atomic E-state index is 14.2. The predicted molar refractivity (Wildman–Crippen MR) is 98.5 cm³/mol. The zero-order chi connectivity index (χ0) is 18.4. The van der Waals surface area contributed by atoms with Gasteiger partial charge in [0, 0.05) is 17.5 Å². The van der Waals surface area contributed by atoms with Crippen molar-refractivity contribution in [3.63, 3.8) is 0 Å². The Bertz CT molecular complexity index is 1050. The number of anilines is 1. The standard InChI is InChI=1S/C20H18FN3O2/c1-3-24-10-15-17(20(24)25)18(22)13-6-4-5-12(19(13)23-15)11-7-8-16(26-2)14(21)9-11/h4-9H,3,10H2,1-2H3,(H2,22,23). The van der Waals surface area contributed by atoms with E-state index in [9.17, 15) is 9.18 Å². The molecule has 6 heteroatoms. The van der Waals surface area contributed by atoms with E-state index >= 15 is 0 Å². The number of amides is 1. The third-order valence-electron chi connectivity index (χ3n) is 4.82. The number of aromatic nitrogens is 1. The van der Waals surface area contributed by atoms with Crippen LogP contribution < -0.4 is 10.5 Å². The van der Waals surface area contributed by atoms with Crippen LogP contribution in [-0.2, 0) is 6.54 Å². The number of benzene rings is 2. The van der Waals surface area contributed by atoms with Crippen LogP contribution in [0, 0.1) is 5.82 Å². The van der Waals surface area contributed by atoms with Crippen LogP contribution in [0.15, 0.2) is 36.4 Å². The van der Waals surface area contributed by atoms with Crippen LogP contribution in [0.3, 0.4) is 0 Å². The molecule has 0 unspecified atom stereocenters. The summed E-state index contributed by atoms with van der Waals surface area (Å²) in [6.07, 6.45) is 0. The SMILES string of the molecule is CCN1Cc2nc3c(-c4ccc(OC)c(F)c4)cccc3c(N)c2C1=O. The van der Waals surface area contributed by atoms with Crippen LogP contribution in [0.5, 0.6) is 5.75 Å². The summed E-state index contributed by atoms with van der Waals surface area (Å²) in [5, 5.41) is 0.698. The molecule has 0 saturated heterocycles. The number of hydrogen-bond acceptors (Lipinski definition) is 4. The number of nitrogen functional groups attached to an aromatic ring is 1. The molecule has 0 saturated carbocycles. The molecule has 1 aliphatic rings. The number of carbonyl (C=O) groups excluding carboxylic acids is 1. The average molecular weight is 351 g/mol. The summed E-state index contributed by atoms with van der Waals surface area (Å²) >= 11 is 0. The highest BCUT2D eigenvalue weighted by Crippen LogP contribution is 2.37. The van der Waals surface area contributed by atoms with Gasteiger partial charge in [0.25, 0.3) is 5.91 Å². The molecule has 0 atom stereocenters. The molecule has 0 fully saturated rings. The van der Waals surface area contributed by atoms with Gasteiger partial charge in [0.15, 0.2) is 11.6 Å². The minimum absolute atomic E-state index is 0.0877. The van der Waals surface area contributed by atoms with Gasteiger partial charge in [-0.2, -0.15) is 0 Å². The summed E-state index contributed by atoms with van der Waals surface area (Å²) in [6.45, 7) is 2.96. The summed E-state index contributed by atoms with van der Waals surface area (Å²) in [5.74, 6) is -0.342. The number of nitrogens with zero attached hydrogens (tertiary/aromatic N) is 2. The third-order valence-corrected chi connectivity index (χ3v) is 4.82. The highest BCUT2D eigenvalue weighted by atomic mass is 19.1. The Morgan fingerprint density at radius 1 is 1.31 bits per heavy atom. The van der Waals surface area contributed by atoms with E-state index in [4.69, 9.17) is 15.5 Å². The molecular weight excluding hydrogens is 333 g/mol. The van der Waals surface area contributed by atoms with Gasteiger partial charge in [-0.15, -0.1) is 0 Å². The molecule has 0 aliphatic carbocycles. The summed E-state index contributed by atoms with van der Waals surface area (Å²) in [4.78, 5) is 18.9. The molecule has 1 amide bonds. The van der Waals surface area contributed by atoms with E-state index in [0.717, 1.165) is 5.56 Å². The lowest BCUT2D eigenvalue weighted by molar-refractivity contribution is 0.0787. The van der Waals surface area contributed by atoms with Gasteiger partial charge in [-0.1, -0.05) is 24.3 Å². The number of carbonyl (C=O) groups is 1. The number of fused-ring (bicyclic) bond motifs is 2. The zero-order valence-electron chi connectivity index (χ0n) is 14.5. The van der Waals surface area contributed by atoms with Gasteiger partial charge in [0.05, 0.1) is 36.1 Å². The van der Waals surface area contributed by atoms with E-state index in [-0.39, 0.29) is 11.7 Å². The fourth-order valence-electron chi connectivity index (χ4n) is 3.45. The number of hydrogen-bond donors (Lipinski definition) is 1. The first-order valence-electron chi connectivity index (χ1n) is 8.39. The Morgan fingerprint density at radius 2 is 2.12 bits per heavy atom. The Labute approximate surface area is 150 Å². The van der Waals surface area contributed by atoms with Crippen LogP contribution in [0.1, 0.15) is 23.0 Å². The minimum atomic E-state index is -0.441.